The predicted octanol–water partition coefficient (Wildman–Crippen LogP) is -0.111. The third-order valence-corrected chi connectivity index (χ3v) is 1.34. The zero-order chi connectivity index (χ0) is 7.56. The molecule has 0 saturated carbocycles. The highest BCUT2D eigenvalue weighted by atomic mass is 16.3. The molecule has 1 aliphatic rings. The number of hydrogen-bond donors (Lipinski definition) is 1. The molecule has 1 rings (SSSR count). The number of rotatable bonds is 2. The van der Waals surface area contributed by atoms with E-state index in [1.807, 2.05) is 0 Å². The van der Waals surface area contributed by atoms with Crippen LogP contribution in [-0.2, 0) is 4.79 Å². The first-order valence-electron chi connectivity index (χ1n) is 3.03. The summed E-state index contributed by atoms with van der Waals surface area (Å²) in [5, 5.41) is 9.06. The molecule has 0 fully saturated rings. The van der Waals surface area contributed by atoms with Gasteiger partial charge in [-0.2, -0.15) is 0 Å². The number of carbonyl (C=O) groups is 1. The molecular weight excluding hydrogens is 130 g/mol. The first-order valence-corrected chi connectivity index (χ1v) is 3.03. The second kappa shape index (κ2) is 2.66. The van der Waals surface area contributed by atoms with Crippen LogP contribution in [0.1, 0.15) is 0 Å². The van der Waals surface area contributed by atoms with Gasteiger partial charge in [-0.3, -0.25) is 4.79 Å². The summed E-state index contributed by atoms with van der Waals surface area (Å²) in [4.78, 5) is 12.1. The van der Waals surface area contributed by atoms with Gasteiger partial charge < -0.3 is 10.0 Å². The smallest absolute Gasteiger partial charge is 0.248 e. The minimum Gasteiger partial charge on any atom is -0.370 e. The Bertz CT molecular complexity index is 186. The van der Waals surface area contributed by atoms with Crippen molar-refractivity contribution < 1.29 is 9.90 Å². The average Bonchev–Trinajstić information content (AvgIpc) is 2.20. The minimum absolute atomic E-state index is 0.160. The SMILES string of the molecule is C=CCN1C(=O)C=C[C@H]1O. The van der Waals surface area contributed by atoms with E-state index >= 15 is 0 Å². The Hall–Kier alpha value is -1.09. The Labute approximate surface area is 59.3 Å². The fourth-order valence-corrected chi connectivity index (χ4v) is 0.835. The van der Waals surface area contributed by atoms with E-state index in [1.165, 1.54) is 17.1 Å². The number of carbonyl (C=O) groups excluding carboxylic acids is 1. The molecule has 1 aliphatic heterocycles. The van der Waals surface area contributed by atoms with E-state index in [2.05, 4.69) is 6.58 Å². The summed E-state index contributed by atoms with van der Waals surface area (Å²) in [6.07, 6.45) is 3.62. The van der Waals surface area contributed by atoms with E-state index in [1.54, 1.807) is 6.08 Å². The second-order valence-electron chi connectivity index (χ2n) is 2.05. The Kier molecular flexibility index (Phi) is 1.87. The fraction of sp³-hybridized carbons (Fsp3) is 0.286. The van der Waals surface area contributed by atoms with Crippen molar-refractivity contribution in [3.63, 3.8) is 0 Å². The van der Waals surface area contributed by atoms with Crippen molar-refractivity contribution in [1.29, 1.82) is 0 Å². The summed E-state index contributed by atoms with van der Waals surface area (Å²) in [5.41, 5.74) is 0. The zero-order valence-corrected chi connectivity index (χ0v) is 5.53. The number of aliphatic hydroxyl groups excluding tert-OH is 1. The van der Waals surface area contributed by atoms with Gasteiger partial charge >= 0.3 is 0 Å². The van der Waals surface area contributed by atoms with Crippen molar-refractivity contribution in [3.05, 3.63) is 24.8 Å². The van der Waals surface area contributed by atoms with Gasteiger partial charge in [-0.1, -0.05) is 6.08 Å². The summed E-state index contributed by atoms with van der Waals surface area (Å²) in [6, 6.07) is 0. The Morgan fingerprint density at radius 2 is 2.60 bits per heavy atom. The molecule has 0 aliphatic carbocycles. The van der Waals surface area contributed by atoms with Crippen LogP contribution in [0.3, 0.4) is 0 Å². The van der Waals surface area contributed by atoms with E-state index in [4.69, 9.17) is 5.11 Å². The van der Waals surface area contributed by atoms with E-state index in [-0.39, 0.29) is 5.91 Å². The van der Waals surface area contributed by atoms with Gasteiger partial charge in [-0.05, 0) is 6.08 Å². The van der Waals surface area contributed by atoms with Crippen LogP contribution < -0.4 is 0 Å². The number of nitrogens with zero attached hydrogens (tertiary/aromatic N) is 1. The highest BCUT2D eigenvalue weighted by Crippen LogP contribution is 2.06. The molecule has 0 unspecified atom stereocenters. The van der Waals surface area contributed by atoms with Crippen LogP contribution in [-0.4, -0.2) is 28.7 Å². The Morgan fingerprint density at radius 1 is 1.90 bits per heavy atom. The fourth-order valence-electron chi connectivity index (χ4n) is 0.835. The summed E-state index contributed by atoms with van der Waals surface area (Å²) < 4.78 is 0. The predicted molar refractivity (Wildman–Crippen MR) is 37.1 cm³/mol. The van der Waals surface area contributed by atoms with Crippen molar-refractivity contribution >= 4 is 5.91 Å². The quantitative estimate of drug-likeness (QED) is 0.542. The van der Waals surface area contributed by atoms with E-state index in [9.17, 15) is 4.79 Å². The lowest BCUT2D eigenvalue weighted by Crippen LogP contribution is -2.33. The molecule has 0 aromatic heterocycles. The van der Waals surface area contributed by atoms with Crippen LogP contribution >= 0.6 is 0 Å². The van der Waals surface area contributed by atoms with E-state index < -0.39 is 6.23 Å². The highest BCUT2D eigenvalue weighted by molar-refractivity contribution is 5.90. The van der Waals surface area contributed by atoms with Gasteiger partial charge in [-0.25, -0.2) is 0 Å². The topological polar surface area (TPSA) is 40.5 Å². The zero-order valence-electron chi connectivity index (χ0n) is 5.53. The third kappa shape index (κ3) is 1.09. The first kappa shape index (κ1) is 7.02. The maximum atomic E-state index is 10.8. The molecule has 0 radical (unpaired) electrons. The van der Waals surface area contributed by atoms with Crippen LogP contribution in [0, 0.1) is 0 Å². The summed E-state index contributed by atoms with van der Waals surface area (Å²) in [6.45, 7) is 3.86. The average molecular weight is 139 g/mol. The van der Waals surface area contributed by atoms with Crippen molar-refractivity contribution in [2.45, 2.75) is 6.23 Å². The monoisotopic (exact) mass is 139 g/mol. The molecule has 1 amide bonds. The molecule has 0 spiro atoms. The highest BCUT2D eigenvalue weighted by Gasteiger charge is 2.21. The van der Waals surface area contributed by atoms with E-state index in [0.717, 1.165) is 0 Å². The van der Waals surface area contributed by atoms with Crippen molar-refractivity contribution in [2.24, 2.45) is 0 Å². The Balaban J connectivity index is 2.59. The second-order valence-corrected chi connectivity index (χ2v) is 2.05. The van der Waals surface area contributed by atoms with Gasteiger partial charge in [0, 0.05) is 12.6 Å². The van der Waals surface area contributed by atoms with Gasteiger partial charge in [0.25, 0.3) is 0 Å². The van der Waals surface area contributed by atoms with Crippen molar-refractivity contribution in [1.82, 2.24) is 4.90 Å². The summed E-state index contributed by atoms with van der Waals surface area (Å²) >= 11 is 0. The molecule has 3 heteroatoms. The minimum atomic E-state index is -0.759. The summed E-state index contributed by atoms with van der Waals surface area (Å²) in [7, 11) is 0. The molecular formula is C7H9NO2. The maximum Gasteiger partial charge on any atom is 0.248 e. The lowest BCUT2D eigenvalue weighted by atomic mass is 10.5. The van der Waals surface area contributed by atoms with Gasteiger partial charge in [0.05, 0.1) is 0 Å². The molecule has 10 heavy (non-hydrogen) atoms. The molecule has 1 heterocycles. The number of amides is 1. The largest absolute Gasteiger partial charge is 0.370 e. The van der Waals surface area contributed by atoms with Crippen LogP contribution in [0.5, 0.6) is 0 Å². The standard InChI is InChI=1S/C7H9NO2/c1-2-5-8-6(9)3-4-7(8)10/h2-4,6,9H,1,5H2/t6-/m1/s1. The van der Waals surface area contributed by atoms with E-state index in [0.29, 0.717) is 6.54 Å². The van der Waals surface area contributed by atoms with Crippen molar-refractivity contribution in [2.75, 3.05) is 6.54 Å². The first-order chi connectivity index (χ1) is 4.75. The molecule has 1 atom stereocenters. The third-order valence-electron chi connectivity index (χ3n) is 1.34. The van der Waals surface area contributed by atoms with Gasteiger partial charge in [-0.15, -0.1) is 6.58 Å². The van der Waals surface area contributed by atoms with Crippen LogP contribution in [0.4, 0.5) is 0 Å². The maximum absolute atomic E-state index is 10.8. The lowest BCUT2D eigenvalue weighted by Gasteiger charge is -2.17. The normalized spacial score (nSPS) is 23.9. The number of aliphatic hydroxyl groups is 1. The van der Waals surface area contributed by atoms with Gasteiger partial charge in [0.15, 0.2) is 0 Å². The van der Waals surface area contributed by atoms with Crippen molar-refractivity contribution in [3.8, 4) is 0 Å². The molecule has 0 aromatic rings. The number of hydrogen-bond acceptors (Lipinski definition) is 2. The molecule has 3 nitrogen and oxygen atoms in total. The van der Waals surface area contributed by atoms with Crippen LogP contribution in [0.25, 0.3) is 0 Å². The lowest BCUT2D eigenvalue weighted by molar-refractivity contribution is -0.129. The van der Waals surface area contributed by atoms with Crippen LogP contribution in [0.15, 0.2) is 24.8 Å². The molecule has 54 valence electrons. The molecule has 0 aromatic carbocycles. The van der Waals surface area contributed by atoms with Gasteiger partial charge in [0.1, 0.15) is 6.23 Å². The Morgan fingerprint density at radius 3 is 3.00 bits per heavy atom. The molecule has 0 bridgehead atoms. The summed E-state index contributed by atoms with van der Waals surface area (Å²) in [5.74, 6) is -0.160. The molecule has 0 saturated heterocycles. The molecule has 1 N–H and O–H groups in total. The van der Waals surface area contributed by atoms with Crippen LogP contribution in [0.2, 0.25) is 0 Å². The van der Waals surface area contributed by atoms with Gasteiger partial charge in [0.2, 0.25) is 5.91 Å².